The molecule has 0 aliphatic rings. The molecular formula is C16H20N2O. The molecule has 1 heterocycles. The van der Waals surface area contributed by atoms with E-state index in [1.807, 2.05) is 12.1 Å². The highest BCUT2D eigenvalue weighted by Gasteiger charge is 2.15. The molecule has 1 unspecified atom stereocenters. The van der Waals surface area contributed by atoms with Crippen molar-refractivity contribution in [2.75, 3.05) is 11.4 Å². The molecule has 3 nitrogen and oxygen atoms in total. The van der Waals surface area contributed by atoms with Crippen molar-refractivity contribution in [1.82, 2.24) is 4.98 Å². The van der Waals surface area contributed by atoms with Gasteiger partial charge in [0.2, 0.25) is 0 Å². The number of aliphatic hydroxyl groups is 1. The minimum Gasteiger partial charge on any atom is -0.389 e. The maximum Gasteiger partial charge on any atom is 0.138 e. The summed E-state index contributed by atoms with van der Waals surface area (Å²) in [6, 6.07) is 12.1. The predicted molar refractivity (Wildman–Crippen MR) is 78.7 cm³/mol. The van der Waals surface area contributed by atoms with E-state index in [2.05, 4.69) is 48.0 Å². The number of aliphatic hydroxyl groups excluding tert-OH is 1. The molecule has 0 saturated carbocycles. The minimum absolute atomic E-state index is 0.525. The second kappa shape index (κ2) is 5.85. The van der Waals surface area contributed by atoms with Gasteiger partial charge in [-0.15, -0.1) is 0 Å². The molecule has 2 rings (SSSR count). The van der Waals surface area contributed by atoms with Crippen molar-refractivity contribution in [3.63, 3.8) is 0 Å². The van der Waals surface area contributed by atoms with E-state index in [1.165, 1.54) is 5.56 Å². The molecule has 3 heteroatoms. The molecule has 0 aliphatic carbocycles. The lowest BCUT2D eigenvalue weighted by Gasteiger charge is -2.25. The fraction of sp³-hybridized carbons (Fsp3) is 0.312. The van der Waals surface area contributed by atoms with E-state index in [0.29, 0.717) is 0 Å². The average Bonchev–Trinajstić information content (AvgIpc) is 2.42. The van der Waals surface area contributed by atoms with Gasteiger partial charge in [-0.1, -0.05) is 23.8 Å². The lowest BCUT2D eigenvalue weighted by molar-refractivity contribution is 0.199. The number of aromatic nitrogens is 1. The molecule has 1 aromatic carbocycles. The summed E-state index contributed by atoms with van der Waals surface area (Å²) >= 11 is 0. The van der Waals surface area contributed by atoms with Crippen LogP contribution in [0.5, 0.6) is 0 Å². The third-order valence-electron chi connectivity index (χ3n) is 3.18. The molecule has 0 saturated heterocycles. The summed E-state index contributed by atoms with van der Waals surface area (Å²) in [6.45, 7) is 6.73. The molecule has 0 bridgehead atoms. The fourth-order valence-electron chi connectivity index (χ4n) is 2.14. The van der Waals surface area contributed by atoms with Crippen LogP contribution in [0.2, 0.25) is 0 Å². The normalized spacial score (nSPS) is 12.2. The van der Waals surface area contributed by atoms with E-state index in [1.54, 1.807) is 13.1 Å². The molecular weight excluding hydrogens is 236 g/mol. The van der Waals surface area contributed by atoms with Crippen LogP contribution in [0.1, 0.15) is 31.1 Å². The van der Waals surface area contributed by atoms with Gasteiger partial charge in [0.25, 0.3) is 0 Å². The molecule has 100 valence electrons. The van der Waals surface area contributed by atoms with Gasteiger partial charge in [0.15, 0.2) is 0 Å². The topological polar surface area (TPSA) is 36.4 Å². The Hall–Kier alpha value is -1.87. The van der Waals surface area contributed by atoms with Crippen LogP contribution in [0, 0.1) is 6.92 Å². The Bertz CT molecular complexity index is 535. The smallest absolute Gasteiger partial charge is 0.138 e. The molecule has 1 N–H and O–H groups in total. The first-order valence-electron chi connectivity index (χ1n) is 6.60. The van der Waals surface area contributed by atoms with Crippen LogP contribution < -0.4 is 4.90 Å². The Labute approximate surface area is 114 Å². The van der Waals surface area contributed by atoms with E-state index in [9.17, 15) is 5.11 Å². The summed E-state index contributed by atoms with van der Waals surface area (Å²) in [4.78, 5) is 6.55. The standard InChI is InChI=1S/C16H20N2O/c1-4-18(14-9-7-12(2)8-10-14)16-15(13(3)19)6-5-11-17-16/h5-11,13,19H,4H2,1-3H3. The second-order valence-corrected chi connectivity index (χ2v) is 4.67. The number of pyridine rings is 1. The van der Waals surface area contributed by atoms with E-state index in [0.717, 1.165) is 23.6 Å². The second-order valence-electron chi connectivity index (χ2n) is 4.67. The molecule has 0 spiro atoms. The van der Waals surface area contributed by atoms with Gasteiger partial charge in [-0.25, -0.2) is 4.98 Å². The van der Waals surface area contributed by atoms with E-state index < -0.39 is 6.10 Å². The molecule has 0 fully saturated rings. The molecule has 19 heavy (non-hydrogen) atoms. The van der Waals surface area contributed by atoms with Crippen molar-refractivity contribution in [3.8, 4) is 0 Å². The van der Waals surface area contributed by atoms with Gasteiger partial charge in [-0.3, -0.25) is 0 Å². The predicted octanol–water partition coefficient (Wildman–Crippen LogP) is 3.60. The maximum absolute atomic E-state index is 9.87. The monoisotopic (exact) mass is 256 g/mol. The molecule has 1 atom stereocenters. The van der Waals surface area contributed by atoms with Crippen molar-refractivity contribution in [3.05, 3.63) is 53.7 Å². The highest BCUT2D eigenvalue weighted by atomic mass is 16.3. The van der Waals surface area contributed by atoms with Crippen LogP contribution in [0.3, 0.4) is 0 Å². The third kappa shape index (κ3) is 2.93. The van der Waals surface area contributed by atoms with Crippen molar-refractivity contribution < 1.29 is 5.11 Å². The van der Waals surface area contributed by atoms with Gasteiger partial charge < -0.3 is 10.0 Å². The largest absolute Gasteiger partial charge is 0.389 e. The van der Waals surface area contributed by atoms with Crippen LogP contribution in [0.15, 0.2) is 42.6 Å². The maximum atomic E-state index is 9.87. The van der Waals surface area contributed by atoms with E-state index >= 15 is 0 Å². The first-order chi connectivity index (χ1) is 9.13. The Balaban J connectivity index is 2.45. The summed E-state index contributed by atoms with van der Waals surface area (Å²) in [7, 11) is 0. The van der Waals surface area contributed by atoms with E-state index in [-0.39, 0.29) is 0 Å². The van der Waals surface area contributed by atoms with Crippen LogP contribution in [0.4, 0.5) is 11.5 Å². The zero-order chi connectivity index (χ0) is 13.8. The Morgan fingerprint density at radius 3 is 2.47 bits per heavy atom. The Kier molecular flexibility index (Phi) is 4.17. The minimum atomic E-state index is -0.525. The summed E-state index contributed by atoms with van der Waals surface area (Å²) in [5, 5.41) is 9.87. The van der Waals surface area contributed by atoms with Gasteiger partial charge >= 0.3 is 0 Å². The number of aryl methyl sites for hydroxylation is 1. The number of benzene rings is 1. The molecule has 0 radical (unpaired) electrons. The van der Waals surface area contributed by atoms with Crippen molar-refractivity contribution in [1.29, 1.82) is 0 Å². The van der Waals surface area contributed by atoms with Crippen molar-refractivity contribution in [2.24, 2.45) is 0 Å². The van der Waals surface area contributed by atoms with Crippen molar-refractivity contribution >= 4 is 11.5 Å². The van der Waals surface area contributed by atoms with Gasteiger partial charge in [0.1, 0.15) is 5.82 Å². The average molecular weight is 256 g/mol. The summed E-state index contributed by atoms with van der Waals surface area (Å²) in [6.07, 6.45) is 1.24. The van der Waals surface area contributed by atoms with Crippen LogP contribution in [-0.2, 0) is 0 Å². The highest BCUT2D eigenvalue weighted by Crippen LogP contribution is 2.29. The number of nitrogens with zero attached hydrogens (tertiary/aromatic N) is 2. The Morgan fingerprint density at radius 2 is 1.89 bits per heavy atom. The molecule has 0 aliphatic heterocycles. The van der Waals surface area contributed by atoms with Gasteiger partial charge in [0.05, 0.1) is 6.10 Å². The zero-order valence-corrected chi connectivity index (χ0v) is 11.7. The molecule has 2 aromatic rings. The number of anilines is 2. The Morgan fingerprint density at radius 1 is 1.21 bits per heavy atom. The van der Waals surface area contributed by atoms with Gasteiger partial charge in [-0.05, 0) is 39.0 Å². The highest BCUT2D eigenvalue weighted by molar-refractivity contribution is 5.63. The number of hydrogen-bond donors (Lipinski definition) is 1. The number of rotatable bonds is 4. The molecule has 0 amide bonds. The van der Waals surface area contributed by atoms with Crippen LogP contribution in [-0.4, -0.2) is 16.6 Å². The summed E-state index contributed by atoms with van der Waals surface area (Å²) < 4.78 is 0. The summed E-state index contributed by atoms with van der Waals surface area (Å²) in [5.74, 6) is 0.823. The number of hydrogen-bond acceptors (Lipinski definition) is 3. The first kappa shape index (κ1) is 13.6. The quantitative estimate of drug-likeness (QED) is 0.908. The first-order valence-corrected chi connectivity index (χ1v) is 6.60. The van der Waals surface area contributed by atoms with E-state index in [4.69, 9.17) is 0 Å². The summed E-state index contributed by atoms with van der Waals surface area (Å²) in [5.41, 5.74) is 3.18. The molecule has 1 aromatic heterocycles. The fourth-order valence-corrected chi connectivity index (χ4v) is 2.14. The van der Waals surface area contributed by atoms with Gasteiger partial charge in [-0.2, -0.15) is 0 Å². The van der Waals surface area contributed by atoms with Gasteiger partial charge in [0, 0.05) is 24.0 Å². The third-order valence-corrected chi connectivity index (χ3v) is 3.18. The lowest BCUT2D eigenvalue weighted by Crippen LogP contribution is -2.19. The SMILES string of the molecule is CCN(c1ccc(C)cc1)c1ncccc1C(C)O. The van der Waals surface area contributed by atoms with Crippen LogP contribution >= 0.6 is 0 Å². The van der Waals surface area contributed by atoms with Crippen LogP contribution in [0.25, 0.3) is 0 Å². The lowest BCUT2D eigenvalue weighted by atomic mass is 10.1. The zero-order valence-electron chi connectivity index (χ0n) is 11.7. The van der Waals surface area contributed by atoms with Crippen molar-refractivity contribution in [2.45, 2.75) is 26.9 Å².